The first-order valence-electron chi connectivity index (χ1n) is 9.43. The lowest BCUT2D eigenvalue weighted by molar-refractivity contribution is 0.0955. The van der Waals surface area contributed by atoms with Gasteiger partial charge in [0.15, 0.2) is 0 Å². The number of ether oxygens (including phenoxy) is 1. The molecular weight excluding hydrogens is 392 g/mol. The van der Waals surface area contributed by atoms with E-state index in [-0.39, 0.29) is 18.3 Å². The fourth-order valence-corrected chi connectivity index (χ4v) is 4.93. The first kappa shape index (κ1) is 20.6. The Morgan fingerprint density at radius 3 is 2.79 bits per heavy atom. The van der Waals surface area contributed by atoms with E-state index in [1.165, 1.54) is 28.9 Å². The molecule has 3 aromatic rings. The molecule has 1 amide bonds. The van der Waals surface area contributed by atoms with Crippen LogP contribution in [0.3, 0.4) is 0 Å². The van der Waals surface area contributed by atoms with Gasteiger partial charge in [-0.2, -0.15) is 0 Å². The Balaban J connectivity index is 0.00000225. The largest absolute Gasteiger partial charge is 0.494 e. The molecule has 148 valence electrons. The van der Waals surface area contributed by atoms with Gasteiger partial charge in [0.25, 0.3) is 5.91 Å². The van der Waals surface area contributed by atoms with E-state index in [0.29, 0.717) is 23.2 Å². The van der Waals surface area contributed by atoms with Crippen LogP contribution in [0.4, 0.5) is 0 Å². The van der Waals surface area contributed by atoms with Crippen LogP contribution in [0.25, 0.3) is 10.1 Å². The summed E-state index contributed by atoms with van der Waals surface area (Å²) in [6, 6.07) is 17.0. The second-order valence-corrected chi connectivity index (χ2v) is 7.87. The molecule has 2 aromatic carbocycles. The maximum atomic E-state index is 12.6. The number of carbonyl (C=O) groups excluding carboxylic acids is 1. The van der Waals surface area contributed by atoms with Crippen molar-refractivity contribution in [2.75, 3.05) is 20.2 Å². The van der Waals surface area contributed by atoms with E-state index in [1.54, 1.807) is 7.11 Å². The Morgan fingerprint density at radius 2 is 1.93 bits per heavy atom. The minimum atomic E-state index is -0.0705. The number of thiophene rings is 1. The fraction of sp³-hybridized carbons (Fsp3) is 0.318. The molecule has 1 heterocycles. The highest BCUT2D eigenvalue weighted by atomic mass is 35.5. The van der Waals surface area contributed by atoms with Gasteiger partial charge in [-0.05, 0) is 42.5 Å². The zero-order valence-corrected chi connectivity index (χ0v) is 17.5. The topological polar surface area (TPSA) is 50.4 Å². The quantitative estimate of drug-likeness (QED) is 0.571. The van der Waals surface area contributed by atoms with Gasteiger partial charge in [0.2, 0.25) is 0 Å². The number of fused-ring (bicyclic) bond motifs is 2. The number of aryl methyl sites for hydroxylation is 1. The Bertz CT molecular complexity index is 957. The van der Waals surface area contributed by atoms with E-state index in [9.17, 15) is 4.79 Å². The summed E-state index contributed by atoms with van der Waals surface area (Å²) in [7, 11) is 1.62. The van der Waals surface area contributed by atoms with Gasteiger partial charge < -0.3 is 15.4 Å². The summed E-state index contributed by atoms with van der Waals surface area (Å²) >= 11 is 1.48. The first-order chi connectivity index (χ1) is 13.3. The van der Waals surface area contributed by atoms with Crippen molar-refractivity contribution in [2.24, 2.45) is 0 Å². The molecule has 1 aliphatic carbocycles. The van der Waals surface area contributed by atoms with E-state index in [2.05, 4.69) is 34.9 Å². The molecule has 0 saturated carbocycles. The number of nitrogens with one attached hydrogen (secondary N) is 2. The SMILES string of the molecule is COc1c(C(=O)NCCNC2CCCc3ccccc32)sc2ccccc12.Cl. The number of benzene rings is 2. The molecular formula is C22H25ClN2O2S. The van der Waals surface area contributed by atoms with Gasteiger partial charge in [0, 0.05) is 29.2 Å². The molecule has 1 atom stereocenters. The Labute approximate surface area is 175 Å². The highest BCUT2D eigenvalue weighted by molar-refractivity contribution is 7.21. The molecule has 6 heteroatoms. The van der Waals surface area contributed by atoms with Crippen LogP contribution < -0.4 is 15.4 Å². The number of hydrogen-bond acceptors (Lipinski definition) is 4. The summed E-state index contributed by atoms with van der Waals surface area (Å²) in [6.07, 6.45) is 3.52. The third-order valence-electron chi connectivity index (χ3n) is 5.13. The van der Waals surface area contributed by atoms with Crippen LogP contribution in [0.1, 0.15) is 39.7 Å². The first-order valence-corrected chi connectivity index (χ1v) is 10.2. The second-order valence-electron chi connectivity index (χ2n) is 6.81. The lowest BCUT2D eigenvalue weighted by Gasteiger charge is -2.26. The van der Waals surface area contributed by atoms with Crippen molar-refractivity contribution in [1.82, 2.24) is 10.6 Å². The predicted molar refractivity (Wildman–Crippen MR) is 118 cm³/mol. The van der Waals surface area contributed by atoms with E-state index in [1.807, 2.05) is 24.3 Å². The van der Waals surface area contributed by atoms with Gasteiger partial charge >= 0.3 is 0 Å². The fourth-order valence-electron chi connectivity index (χ4n) is 3.84. The Kier molecular flexibility index (Phi) is 6.94. The smallest absolute Gasteiger partial charge is 0.265 e. The maximum absolute atomic E-state index is 12.6. The van der Waals surface area contributed by atoms with Crippen LogP contribution in [0.15, 0.2) is 48.5 Å². The summed E-state index contributed by atoms with van der Waals surface area (Å²) in [5, 5.41) is 7.62. The average molecular weight is 417 g/mol. The number of amides is 1. The van der Waals surface area contributed by atoms with E-state index >= 15 is 0 Å². The van der Waals surface area contributed by atoms with Gasteiger partial charge in [-0.1, -0.05) is 36.4 Å². The summed E-state index contributed by atoms with van der Waals surface area (Å²) < 4.78 is 6.56. The number of halogens is 1. The lowest BCUT2D eigenvalue weighted by Crippen LogP contribution is -2.34. The summed E-state index contributed by atoms with van der Waals surface area (Å²) in [5.74, 6) is 0.598. The van der Waals surface area contributed by atoms with E-state index in [0.717, 1.165) is 29.5 Å². The number of hydrogen-bond donors (Lipinski definition) is 2. The van der Waals surface area contributed by atoms with Crippen LogP contribution in [0.2, 0.25) is 0 Å². The third kappa shape index (κ3) is 4.17. The molecule has 0 spiro atoms. The van der Waals surface area contributed by atoms with Gasteiger partial charge in [-0.3, -0.25) is 4.79 Å². The highest BCUT2D eigenvalue weighted by Gasteiger charge is 2.20. The minimum absolute atomic E-state index is 0. The third-order valence-corrected chi connectivity index (χ3v) is 6.28. The molecule has 0 aliphatic heterocycles. The molecule has 4 nitrogen and oxygen atoms in total. The van der Waals surface area contributed by atoms with Crippen molar-refractivity contribution >= 4 is 39.7 Å². The van der Waals surface area contributed by atoms with Crippen molar-refractivity contribution in [2.45, 2.75) is 25.3 Å². The van der Waals surface area contributed by atoms with Crippen LogP contribution in [-0.2, 0) is 6.42 Å². The molecule has 1 unspecified atom stereocenters. The Hall–Kier alpha value is -2.08. The molecule has 2 N–H and O–H groups in total. The summed E-state index contributed by atoms with van der Waals surface area (Å²) in [6.45, 7) is 1.34. The van der Waals surface area contributed by atoms with Crippen molar-refractivity contribution in [3.8, 4) is 5.75 Å². The number of methoxy groups -OCH3 is 1. The van der Waals surface area contributed by atoms with Gasteiger partial charge in [0.1, 0.15) is 10.6 Å². The number of carbonyl (C=O) groups is 1. The molecule has 0 fully saturated rings. The molecule has 0 saturated heterocycles. The van der Waals surface area contributed by atoms with Crippen LogP contribution in [0, 0.1) is 0 Å². The van der Waals surface area contributed by atoms with E-state index < -0.39 is 0 Å². The molecule has 4 rings (SSSR count). The second kappa shape index (κ2) is 9.41. The van der Waals surface area contributed by atoms with Crippen molar-refractivity contribution in [3.63, 3.8) is 0 Å². The predicted octanol–water partition coefficient (Wildman–Crippen LogP) is 4.73. The van der Waals surface area contributed by atoms with Gasteiger partial charge in [-0.15, -0.1) is 23.7 Å². The molecule has 1 aliphatic rings. The lowest BCUT2D eigenvalue weighted by atomic mass is 9.88. The van der Waals surface area contributed by atoms with Gasteiger partial charge in [0.05, 0.1) is 7.11 Å². The zero-order chi connectivity index (χ0) is 18.6. The normalized spacial score (nSPS) is 15.5. The van der Waals surface area contributed by atoms with Crippen molar-refractivity contribution in [1.29, 1.82) is 0 Å². The minimum Gasteiger partial charge on any atom is -0.494 e. The number of rotatable bonds is 6. The van der Waals surface area contributed by atoms with Crippen molar-refractivity contribution in [3.05, 3.63) is 64.5 Å². The average Bonchev–Trinajstić information content (AvgIpc) is 3.10. The maximum Gasteiger partial charge on any atom is 0.265 e. The van der Waals surface area contributed by atoms with Crippen LogP contribution >= 0.6 is 23.7 Å². The molecule has 28 heavy (non-hydrogen) atoms. The standard InChI is InChI=1S/C22H24N2O2S.ClH/c1-26-20-17-10-4-5-12-19(17)27-21(20)22(25)24-14-13-23-18-11-6-8-15-7-2-3-9-16(15)18;/h2-5,7,9-10,12,18,23H,6,8,11,13-14H2,1H3,(H,24,25);1H. The zero-order valence-electron chi connectivity index (χ0n) is 15.9. The molecule has 1 aromatic heterocycles. The highest BCUT2D eigenvalue weighted by Crippen LogP contribution is 2.37. The Morgan fingerprint density at radius 1 is 1.14 bits per heavy atom. The molecule has 0 bridgehead atoms. The molecule has 0 radical (unpaired) electrons. The van der Waals surface area contributed by atoms with Crippen LogP contribution in [-0.4, -0.2) is 26.1 Å². The summed E-state index contributed by atoms with van der Waals surface area (Å²) in [4.78, 5) is 13.3. The van der Waals surface area contributed by atoms with E-state index in [4.69, 9.17) is 4.74 Å². The monoisotopic (exact) mass is 416 g/mol. The van der Waals surface area contributed by atoms with Crippen molar-refractivity contribution < 1.29 is 9.53 Å². The summed E-state index contributed by atoms with van der Waals surface area (Å²) in [5.41, 5.74) is 2.85. The van der Waals surface area contributed by atoms with Crippen LogP contribution in [0.5, 0.6) is 5.75 Å². The van der Waals surface area contributed by atoms with Gasteiger partial charge in [-0.25, -0.2) is 0 Å².